The molecule has 4 N–H and O–H groups in total. The average Bonchev–Trinajstić information content (AvgIpc) is 2.18. The van der Waals surface area contributed by atoms with Gasteiger partial charge in [0.15, 0.2) is 0 Å². The van der Waals surface area contributed by atoms with Crippen molar-refractivity contribution in [1.29, 1.82) is 0 Å². The molecule has 0 aliphatic heterocycles. The topological polar surface area (TPSA) is 64.5 Å². The minimum absolute atomic E-state index is 0. The molecule has 0 radical (unpaired) electrons. The highest BCUT2D eigenvalue weighted by atomic mass is 35.5. The molecule has 0 aliphatic rings. The molecule has 102 valence electrons. The third kappa shape index (κ3) is 13.1. The second-order valence-electron chi connectivity index (χ2n) is 2.92. The Morgan fingerprint density at radius 3 is 1.38 bits per heavy atom. The number of aliphatic hydroxyl groups is 2. The van der Waals surface area contributed by atoms with Crippen LogP contribution in [0.5, 0.6) is 0 Å². The predicted octanol–water partition coefficient (Wildman–Crippen LogP) is 0.209. The van der Waals surface area contributed by atoms with Crippen LogP contribution >= 0.6 is 48.0 Å². The van der Waals surface area contributed by atoms with Gasteiger partial charge in [0.05, 0.1) is 12.2 Å². The molecule has 0 saturated carbocycles. The van der Waals surface area contributed by atoms with E-state index in [9.17, 15) is 10.2 Å². The molecule has 8 heteroatoms. The van der Waals surface area contributed by atoms with E-state index in [4.69, 9.17) is 23.2 Å². The van der Waals surface area contributed by atoms with Crippen molar-refractivity contribution < 1.29 is 10.2 Å². The smallest absolute Gasteiger partial charge is 0.0935 e. The number of halogens is 4. The quantitative estimate of drug-likeness (QED) is 0.363. The van der Waals surface area contributed by atoms with Crippen LogP contribution < -0.4 is 10.6 Å². The minimum atomic E-state index is -0.777. The molecule has 0 fully saturated rings. The molecule has 0 aliphatic carbocycles. The Morgan fingerprint density at radius 2 is 1.12 bits per heavy atom. The molecule has 0 aromatic rings. The second-order valence-corrected chi connectivity index (χ2v) is 3.68. The summed E-state index contributed by atoms with van der Waals surface area (Å²) in [6.45, 7) is 1.94. The third-order valence-corrected chi connectivity index (χ3v) is 2.07. The molecule has 0 bridgehead atoms. The highest BCUT2D eigenvalue weighted by molar-refractivity contribution is 6.18. The van der Waals surface area contributed by atoms with Crippen molar-refractivity contribution in [1.82, 2.24) is 10.6 Å². The van der Waals surface area contributed by atoms with Gasteiger partial charge in [0, 0.05) is 37.9 Å². The van der Waals surface area contributed by atoms with Crippen LogP contribution in [-0.2, 0) is 0 Å². The van der Waals surface area contributed by atoms with Crippen molar-refractivity contribution in [2.75, 3.05) is 37.9 Å². The van der Waals surface area contributed by atoms with Crippen LogP contribution in [0.25, 0.3) is 0 Å². The van der Waals surface area contributed by atoms with E-state index in [0.717, 1.165) is 0 Å². The zero-order valence-corrected chi connectivity index (χ0v) is 12.0. The Morgan fingerprint density at radius 1 is 0.812 bits per heavy atom. The first-order chi connectivity index (χ1) is 6.72. The summed E-state index contributed by atoms with van der Waals surface area (Å²) in [5, 5.41) is 24.7. The van der Waals surface area contributed by atoms with Crippen LogP contribution in [0.2, 0.25) is 0 Å². The highest BCUT2D eigenvalue weighted by Gasteiger charge is 2.14. The third-order valence-electron chi connectivity index (χ3n) is 1.69. The van der Waals surface area contributed by atoms with Gasteiger partial charge < -0.3 is 20.8 Å². The number of aliphatic hydroxyl groups excluding tert-OH is 2. The van der Waals surface area contributed by atoms with Gasteiger partial charge in [0.2, 0.25) is 0 Å². The number of alkyl halides is 2. The summed E-state index contributed by atoms with van der Waals surface area (Å²) in [4.78, 5) is 0. The van der Waals surface area contributed by atoms with Crippen LogP contribution in [0.1, 0.15) is 0 Å². The summed E-state index contributed by atoms with van der Waals surface area (Å²) in [6, 6.07) is 0. The Hall–Kier alpha value is 1.000. The lowest BCUT2D eigenvalue weighted by Crippen LogP contribution is -2.42. The standard InChI is InChI=1S/C8H18Cl2N2O2.2ClH/c9-1-3-11-5-7(13)8(14)6-12-4-2-10;;/h7-8,11-14H,1-6H2;2*1H/t7-,8+;;. The van der Waals surface area contributed by atoms with Crippen LogP contribution in [0.15, 0.2) is 0 Å². The molecule has 0 spiro atoms. The van der Waals surface area contributed by atoms with E-state index in [1.54, 1.807) is 0 Å². The van der Waals surface area contributed by atoms with Gasteiger partial charge in [-0.2, -0.15) is 0 Å². The Bertz CT molecular complexity index is 121. The van der Waals surface area contributed by atoms with Gasteiger partial charge in [0.25, 0.3) is 0 Å². The van der Waals surface area contributed by atoms with Gasteiger partial charge in [-0.3, -0.25) is 0 Å². The van der Waals surface area contributed by atoms with Crippen LogP contribution in [0, 0.1) is 0 Å². The monoisotopic (exact) mass is 316 g/mol. The van der Waals surface area contributed by atoms with E-state index in [2.05, 4.69) is 10.6 Å². The molecule has 16 heavy (non-hydrogen) atoms. The maximum Gasteiger partial charge on any atom is 0.0935 e. The summed E-state index contributed by atoms with van der Waals surface area (Å²) in [7, 11) is 0. The maximum absolute atomic E-state index is 9.42. The summed E-state index contributed by atoms with van der Waals surface area (Å²) in [5.41, 5.74) is 0. The molecule has 0 amide bonds. The lowest BCUT2D eigenvalue weighted by atomic mass is 10.2. The summed E-state index contributed by atoms with van der Waals surface area (Å²) in [5.74, 6) is 0.987. The van der Waals surface area contributed by atoms with Gasteiger partial charge >= 0.3 is 0 Å². The largest absolute Gasteiger partial charge is 0.389 e. The first-order valence-electron chi connectivity index (χ1n) is 4.61. The molecule has 0 aromatic carbocycles. The number of hydrogen-bond donors (Lipinski definition) is 4. The van der Waals surface area contributed by atoms with Crippen molar-refractivity contribution in [3.8, 4) is 0 Å². The summed E-state index contributed by atoms with van der Waals surface area (Å²) in [6.07, 6.45) is -1.55. The number of hydrogen-bond acceptors (Lipinski definition) is 4. The van der Waals surface area contributed by atoms with E-state index in [1.165, 1.54) is 0 Å². The van der Waals surface area contributed by atoms with E-state index < -0.39 is 12.2 Å². The normalized spacial score (nSPS) is 13.5. The molecule has 0 rings (SSSR count). The SMILES string of the molecule is Cl.Cl.O[C@H](CNCCCl)[C@@H](O)CNCCCl. The number of rotatable bonds is 9. The van der Waals surface area contributed by atoms with E-state index in [0.29, 0.717) is 37.9 Å². The lowest BCUT2D eigenvalue weighted by molar-refractivity contribution is 0.0216. The first-order valence-corrected chi connectivity index (χ1v) is 5.68. The molecule has 0 saturated heterocycles. The second kappa shape index (κ2) is 16.0. The van der Waals surface area contributed by atoms with Gasteiger partial charge in [-0.1, -0.05) is 0 Å². The van der Waals surface area contributed by atoms with E-state index >= 15 is 0 Å². The summed E-state index contributed by atoms with van der Waals surface area (Å²) >= 11 is 10.9. The van der Waals surface area contributed by atoms with Gasteiger partial charge in [-0.05, 0) is 0 Å². The molecular formula is C8H20Cl4N2O2. The lowest BCUT2D eigenvalue weighted by Gasteiger charge is -2.18. The van der Waals surface area contributed by atoms with Crippen LogP contribution in [0.3, 0.4) is 0 Å². The highest BCUT2D eigenvalue weighted by Crippen LogP contribution is 1.90. The molecule has 0 aromatic heterocycles. The molecule has 4 nitrogen and oxygen atoms in total. The fourth-order valence-electron chi connectivity index (χ4n) is 0.906. The fourth-order valence-corrected chi connectivity index (χ4v) is 1.17. The number of nitrogens with one attached hydrogen (secondary N) is 2. The van der Waals surface area contributed by atoms with E-state index in [-0.39, 0.29) is 24.8 Å². The van der Waals surface area contributed by atoms with Gasteiger partial charge in [0.1, 0.15) is 0 Å². The zero-order valence-electron chi connectivity index (χ0n) is 8.86. The van der Waals surface area contributed by atoms with Gasteiger partial charge in [-0.15, -0.1) is 48.0 Å². The molecule has 2 atom stereocenters. The van der Waals surface area contributed by atoms with Crippen molar-refractivity contribution in [2.24, 2.45) is 0 Å². The Balaban J connectivity index is -0.000000845. The first kappa shape index (κ1) is 22.2. The van der Waals surface area contributed by atoms with Crippen molar-refractivity contribution in [3.05, 3.63) is 0 Å². The maximum atomic E-state index is 9.42. The van der Waals surface area contributed by atoms with Crippen molar-refractivity contribution >= 4 is 48.0 Å². The minimum Gasteiger partial charge on any atom is -0.389 e. The molecule has 0 unspecified atom stereocenters. The Labute approximate surface area is 119 Å². The van der Waals surface area contributed by atoms with Crippen molar-refractivity contribution in [3.63, 3.8) is 0 Å². The zero-order chi connectivity index (χ0) is 10.8. The van der Waals surface area contributed by atoms with Gasteiger partial charge in [-0.25, -0.2) is 0 Å². The van der Waals surface area contributed by atoms with E-state index in [1.807, 2.05) is 0 Å². The van der Waals surface area contributed by atoms with Crippen LogP contribution in [0.4, 0.5) is 0 Å². The Kier molecular flexibility index (Phi) is 22.2. The molecule has 0 heterocycles. The van der Waals surface area contributed by atoms with Crippen molar-refractivity contribution in [2.45, 2.75) is 12.2 Å². The predicted molar refractivity (Wildman–Crippen MR) is 73.7 cm³/mol. The fraction of sp³-hybridized carbons (Fsp3) is 1.00. The van der Waals surface area contributed by atoms with Crippen LogP contribution in [-0.4, -0.2) is 60.4 Å². The molecular weight excluding hydrogens is 298 g/mol. The summed E-state index contributed by atoms with van der Waals surface area (Å²) < 4.78 is 0. The average molecular weight is 318 g/mol.